The molecule has 0 fully saturated rings. The highest BCUT2D eigenvalue weighted by atomic mass is 127. The number of hydrogen-bond acceptors (Lipinski definition) is 1. The summed E-state index contributed by atoms with van der Waals surface area (Å²) in [5, 5.41) is 0. The fraction of sp³-hybridized carbons (Fsp3) is 1.00. The number of rotatable bonds is 8. The average Bonchev–Trinajstić information content (AvgIpc) is 2.40. The summed E-state index contributed by atoms with van der Waals surface area (Å²) < 4.78 is 209. The molecule has 1 nitrogen and oxygen atoms in total. The molecule has 0 aliphatic heterocycles. The summed E-state index contributed by atoms with van der Waals surface area (Å²) in [4.78, 5) is 0. The molecule has 0 heterocycles. The molecule has 0 bridgehead atoms. The quantitative estimate of drug-likeness (QED) is 0.234. The molecule has 0 spiro atoms. The van der Waals surface area contributed by atoms with Gasteiger partial charge in [0.2, 0.25) is 5.92 Å². The molecule has 0 radical (unpaired) electrons. The van der Waals surface area contributed by atoms with Crippen molar-refractivity contribution in [2.24, 2.45) is 5.92 Å². The van der Waals surface area contributed by atoms with Gasteiger partial charge < -0.3 is 3.07 Å². The van der Waals surface area contributed by atoms with E-state index in [4.69, 9.17) is 0 Å². The van der Waals surface area contributed by atoms with Crippen LogP contribution in [0.2, 0.25) is 0 Å². The summed E-state index contributed by atoms with van der Waals surface area (Å²) in [6, 6.07) is 0. The van der Waals surface area contributed by atoms with Crippen molar-refractivity contribution in [3.63, 3.8) is 0 Å². The Kier molecular flexibility index (Phi) is 7.56. The lowest BCUT2D eigenvalue weighted by molar-refractivity contribution is -0.438. The van der Waals surface area contributed by atoms with Crippen LogP contribution in [-0.4, -0.2) is 48.6 Å². The molecule has 0 amide bonds. The van der Waals surface area contributed by atoms with Crippen molar-refractivity contribution in [3.8, 4) is 0 Å². The molecule has 18 heteroatoms. The van der Waals surface area contributed by atoms with Crippen molar-refractivity contribution in [1.82, 2.24) is 0 Å². The van der Waals surface area contributed by atoms with Crippen LogP contribution in [0.5, 0.6) is 0 Å². The lowest BCUT2D eigenvalue weighted by atomic mass is 9.86. The van der Waals surface area contributed by atoms with Crippen LogP contribution in [0.25, 0.3) is 0 Å². The number of halogens is 17. The lowest BCUT2D eigenvalue weighted by Gasteiger charge is -2.42. The smallest absolute Gasteiger partial charge is 0.316 e. The summed E-state index contributed by atoms with van der Waals surface area (Å²) in [5.74, 6) is -44.6. The van der Waals surface area contributed by atoms with Gasteiger partial charge in [-0.3, -0.25) is 0 Å². The van der Waals surface area contributed by atoms with E-state index in [1.54, 1.807) is 0 Å². The zero-order chi connectivity index (χ0) is 23.2. The van der Waals surface area contributed by atoms with Gasteiger partial charge in [0.1, 0.15) is 23.0 Å². The molecule has 0 unspecified atom stereocenters. The highest BCUT2D eigenvalue weighted by Gasteiger charge is 2.90. The van der Waals surface area contributed by atoms with Crippen molar-refractivity contribution in [1.29, 1.82) is 0 Å². The van der Waals surface area contributed by atoms with Gasteiger partial charge >= 0.3 is 42.0 Å². The van der Waals surface area contributed by atoms with Crippen LogP contribution in [0.3, 0.4) is 0 Å². The van der Waals surface area contributed by atoms with Gasteiger partial charge in [0, 0.05) is 6.42 Å². The standard InChI is InChI=1S/C10H5F16IO/c11-4(12,1-2-28-27)8(21,22)10(25,26)9(23,24)5(13,14)3(6(15,16)17)7(18,19)20/h3H,1-2H2. The first-order chi connectivity index (χ1) is 11.9. The molecule has 0 aliphatic rings. The van der Waals surface area contributed by atoms with Crippen LogP contribution in [0.1, 0.15) is 6.42 Å². The van der Waals surface area contributed by atoms with E-state index < -0.39 is 60.9 Å². The van der Waals surface area contributed by atoms with Crippen LogP contribution in [0.4, 0.5) is 70.2 Å². The minimum atomic E-state index is -8.21. The van der Waals surface area contributed by atoms with Gasteiger partial charge in [0.05, 0.1) is 6.61 Å². The molecular weight excluding hydrogens is 567 g/mol. The molecule has 0 N–H and O–H groups in total. The molecular formula is C10H5F16IO. The predicted molar refractivity (Wildman–Crippen MR) is 64.9 cm³/mol. The zero-order valence-electron chi connectivity index (χ0n) is 12.3. The topological polar surface area (TPSA) is 9.23 Å². The minimum absolute atomic E-state index is 0.748. The summed E-state index contributed by atoms with van der Waals surface area (Å²) in [7, 11) is 0. The molecule has 0 aliphatic carbocycles. The maximum atomic E-state index is 13.3. The predicted octanol–water partition coefficient (Wildman–Crippen LogP) is 6.66. The van der Waals surface area contributed by atoms with E-state index in [0.29, 0.717) is 0 Å². The van der Waals surface area contributed by atoms with Crippen molar-refractivity contribution >= 4 is 23.0 Å². The third-order valence-electron chi connectivity index (χ3n) is 3.18. The Balaban J connectivity index is 6.52. The molecule has 0 aromatic rings. The SMILES string of the molecule is FC(F)(F)C(C(F)(F)F)C(F)(F)C(F)(F)C(F)(F)C(F)(F)C(F)(F)CCOI. The molecule has 0 saturated carbocycles. The summed E-state index contributed by atoms with van der Waals surface area (Å²) in [5.41, 5.74) is 0. The Bertz CT molecular complexity index is 521. The van der Waals surface area contributed by atoms with E-state index in [1.807, 2.05) is 0 Å². The first-order valence-electron chi connectivity index (χ1n) is 6.19. The molecule has 170 valence electrons. The van der Waals surface area contributed by atoms with Crippen LogP contribution in [0, 0.1) is 5.92 Å². The van der Waals surface area contributed by atoms with Crippen molar-refractivity contribution < 1.29 is 73.3 Å². The fourth-order valence-corrected chi connectivity index (χ4v) is 1.96. The molecule has 28 heavy (non-hydrogen) atoms. The van der Waals surface area contributed by atoms with E-state index in [0.717, 1.165) is 23.0 Å². The van der Waals surface area contributed by atoms with Gasteiger partial charge in [-0.1, -0.05) is 0 Å². The second-order valence-corrected chi connectivity index (χ2v) is 5.75. The zero-order valence-corrected chi connectivity index (χ0v) is 14.5. The fourth-order valence-electron chi connectivity index (χ4n) is 1.74. The Labute approximate surface area is 158 Å². The van der Waals surface area contributed by atoms with Crippen molar-refractivity contribution in [3.05, 3.63) is 0 Å². The van der Waals surface area contributed by atoms with Gasteiger partial charge in [0.15, 0.2) is 0 Å². The third kappa shape index (κ3) is 4.50. The van der Waals surface area contributed by atoms with Gasteiger partial charge in [-0.05, 0) is 0 Å². The van der Waals surface area contributed by atoms with Gasteiger partial charge in [0.25, 0.3) is 0 Å². The van der Waals surface area contributed by atoms with E-state index in [1.165, 1.54) is 0 Å². The summed E-state index contributed by atoms with van der Waals surface area (Å²) in [6.07, 6.45) is -17.3. The minimum Gasteiger partial charge on any atom is -0.316 e. The monoisotopic (exact) mass is 572 g/mol. The molecule has 0 saturated heterocycles. The van der Waals surface area contributed by atoms with Gasteiger partial charge in [-0.15, -0.1) is 0 Å². The Morgan fingerprint density at radius 2 is 0.929 bits per heavy atom. The molecule has 0 rings (SSSR count). The highest BCUT2D eigenvalue weighted by molar-refractivity contribution is 14.1. The van der Waals surface area contributed by atoms with E-state index in [9.17, 15) is 70.2 Å². The second kappa shape index (κ2) is 7.68. The van der Waals surface area contributed by atoms with Crippen molar-refractivity contribution in [2.75, 3.05) is 6.61 Å². The second-order valence-electron chi connectivity index (χ2n) is 5.13. The van der Waals surface area contributed by atoms with E-state index in [-0.39, 0.29) is 0 Å². The van der Waals surface area contributed by atoms with E-state index >= 15 is 0 Å². The van der Waals surface area contributed by atoms with Crippen LogP contribution >= 0.6 is 23.0 Å². The maximum absolute atomic E-state index is 13.3. The normalized spacial score (nSPS) is 16.1. The first-order valence-corrected chi connectivity index (χ1v) is 7.07. The Morgan fingerprint density at radius 1 is 0.571 bits per heavy atom. The van der Waals surface area contributed by atoms with Crippen LogP contribution in [-0.2, 0) is 3.07 Å². The summed E-state index contributed by atoms with van der Waals surface area (Å²) in [6.45, 7) is -1.55. The molecule has 0 atom stereocenters. The van der Waals surface area contributed by atoms with Crippen LogP contribution in [0.15, 0.2) is 0 Å². The van der Waals surface area contributed by atoms with Crippen molar-refractivity contribution in [2.45, 2.75) is 48.4 Å². The average molecular weight is 572 g/mol. The first kappa shape index (κ1) is 27.6. The molecule has 0 aromatic carbocycles. The van der Waals surface area contributed by atoms with E-state index in [2.05, 4.69) is 3.07 Å². The number of alkyl halides is 16. The summed E-state index contributed by atoms with van der Waals surface area (Å²) >= 11 is 0.748. The highest BCUT2D eigenvalue weighted by Crippen LogP contribution is 2.62. The Hall–Kier alpha value is -0.430. The maximum Gasteiger partial charge on any atom is 0.406 e. The number of hydrogen-bond donors (Lipinski definition) is 0. The largest absolute Gasteiger partial charge is 0.406 e. The van der Waals surface area contributed by atoms with Crippen LogP contribution < -0.4 is 0 Å². The lowest BCUT2D eigenvalue weighted by Crippen LogP contribution is -2.71. The molecule has 0 aromatic heterocycles. The van der Waals surface area contributed by atoms with Gasteiger partial charge in [-0.25, -0.2) is 0 Å². The Morgan fingerprint density at radius 3 is 1.21 bits per heavy atom. The third-order valence-corrected chi connectivity index (χ3v) is 3.62. The van der Waals surface area contributed by atoms with Gasteiger partial charge in [-0.2, -0.15) is 70.2 Å².